The van der Waals surface area contributed by atoms with Crippen molar-refractivity contribution in [1.82, 2.24) is 14.8 Å². The Morgan fingerprint density at radius 1 is 1.19 bits per heavy atom. The summed E-state index contributed by atoms with van der Waals surface area (Å²) < 4.78 is 11.4. The van der Waals surface area contributed by atoms with Crippen molar-refractivity contribution in [3.63, 3.8) is 0 Å². The predicted octanol–water partition coefficient (Wildman–Crippen LogP) is 3.19. The van der Waals surface area contributed by atoms with Gasteiger partial charge in [0.1, 0.15) is 5.75 Å². The van der Waals surface area contributed by atoms with Crippen LogP contribution in [-0.4, -0.2) is 40.4 Å². The van der Waals surface area contributed by atoms with Gasteiger partial charge in [-0.2, -0.15) is 9.78 Å². The fourth-order valence-corrected chi connectivity index (χ4v) is 3.35. The summed E-state index contributed by atoms with van der Waals surface area (Å²) in [7, 11) is 1.56. The summed E-state index contributed by atoms with van der Waals surface area (Å²) in [6.07, 6.45) is 1.51. The molecular weight excluding hydrogens is 354 g/mol. The van der Waals surface area contributed by atoms with Crippen molar-refractivity contribution in [2.45, 2.75) is 13.8 Å². The summed E-state index contributed by atoms with van der Waals surface area (Å²) >= 11 is 1.31. The fraction of sp³-hybridized carbons (Fsp3) is 0.222. The first-order chi connectivity index (χ1) is 12.5. The maximum absolute atomic E-state index is 12.8. The van der Waals surface area contributed by atoms with Gasteiger partial charge >= 0.3 is 5.97 Å². The van der Waals surface area contributed by atoms with Crippen LogP contribution in [0.4, 0.5) is 0 Å². The second kappa shape index (κ2) is 7.49. The van der Waals surface area contributed by atoms with Crippen molar-refractivity contribution >= 4 is 23.2 Å². The number of aromatic nitrogens is 3. The lowest BCUT2D eigenvalue weighted by Crippen LogP contribution is -2.15. The number of hydrogen-bond acceptors (Lipinski definition) is 7. The number of hydrogen-bond donors (Lipinski definition) is 0. The highest BCUT2D eigenvalue weighted by atomic mass is 32.1. The minimum absolute atomic E-state index is 0.193. The predicted molar refractivity (Wildman–Crippen MR) is 96.8 cm³/mol. The first-order valence-corrected chi connectivity index (χ1v) is 8.74. The van der Waals surface area contributed by atoms with Gasteiger partial charge in [-0.05, 0) is 44.2 Å². The number of rotatable bonds is 5. The molecule has 0 saturated heterocycles. The number of thiazole rings is 1. The summed E-state index contributed by atoms with van der Waals surface area (Å²) in [6, 6.07) is 8.42. The van der Waals surface area contributed by atoms with Crippen molar-refractivity contribution in [3.05, 3.63) is 52.8 Å². The third-order valence-electron chi connectivity index (χ3n) is 3.61. The first kappa shape index (κ1) is 17.8. The molecule has 0 aliphatic heterocycles. The van der Waals surface area contributed by atoms with Gasteiger partial charge in [-0.3, -0.25) is 4.79 Å². The molecule has 1 aromatic carbocycles. The minimum Gasteiger partial charge on any atom is -0.497 e. The van der Waals surface area contributed by atoms with Crippen LogP contribution in [0.5, 0.6) is 5.75 Å². The van der Waals surface area contributed by atoms with Gasteiger partial charge < -0.3 is 9.47 Å². The smallest absolute Gasteiger partial charge is 0.358 e. The van der Waals surface area contributed by atoms with E-state index < -0.39 is 5.97 Å². The van der Waals surface area contributed by atoms with Crippen LogP contribution in [0, 0.1) is 6.92 Å². The van der Waals surface area contributed by atoms with E-state index in [1.165, 1.54) is 22.2 Å². The zero-order valence-electron chi connectivity index (χ0n) is 14.6. The maximum Gasteiger partial charge on any atom is 0.358 e. The summed E-state index contributed by atoms with van der Waals surface area (Å²) in [4.78, 5) is 29.8. The number of nitrogens with zero attached hydrogens (tertiary/aromatic N) is 3. The van der Waals surface area contributed by atoms with Gasteiger partial charge in [0.2, 0.25) is 0 Å². The number of ether oxygens (including phenoxy) is 2. The van der Waals surface area contributed by atoms with E-state index in [0.717, 1.165) is 0 Å². The fourth-order valence-electron chi connectivity index (χ4n) is 2.43. The second-order valence-corrected chi connectivity index (χ2v) is 6.50. The molecule has 2 heterocycles. The lowest BCUT2D eigenvalue weighted by molar-refractivity contribution is 0.0520. The van der Waals surface area contributed by atoms with E-state index in [9.17, 15) is 9.59 Å². The Kier molecular flexibility index (Phi) is 5.13. The average Bonchev–Trinajstić information content (AvgIpc) is 3.27. The molecule has 0 atom stereocenters. The van der Waals surface area contributed by atoms with E-state index in [4.69, 9.17) is 9.47 Å². The molecule has 7 nitrogen and oxygen atoms in total. The second-order valence-electron chi connectivity index (χ2n) is 5.29. The topological polar surface area (TPSA) is 83.3 Å². The van der Waals surface area contributed by atoms with E-state index >= 15 is 0 Å². The minimum atomic E-state index is -0.517. The zero-order valence-corrected chi connectivity index (χ0v) is 15.4. The molecule has 0 N–H and O–H groups in total. The number of carbonyl (C=O) groups excluding carboxylic acids is 2. The van der Waals surface area contributed by atoms with E-state index in [-0.39, 0.29) is 18.2 Å². The third kappa shape index (κ3) is 3.36. The number of aryl methyl sites for hydroxylation is 1. The highest BCUT2D eigenvalue weighted by Crippen LogP contribution is 2.31. The normalized spacial score (nSPS) is 10.6. The molecule has 3 rings (SSSR count). The largest absolute Gasteiger partial charge is 0.497 e. The molecule has 0 bridgehead atoms. The molecular formula is C18H17N3O4S. The van der Waals surface area contributed by atoms with Crippen molar-refractivity contribution < 1.29 is 19.1 Å². The number of carbonyl (C=O) groups is 2. The van der Waals surface area contributed by atoms with Gasteiger partial charge in [0.25, 0.3) is 5.91 Å². The molecule has 26 heavy (non-hydrogen) atoms. The molecule has 0 fully saturated rings. The zero-order chi connectivity index (χ0) is 18.7. The lowest BCUT2D eigenvalue weighted by atomic mass is 10.2. The molecule has 8 heteroatoms. The van der Waals surface area contributed by atoms with Gasteiger partial charge in [-0.25, -0.2) is 9.78 Å². The van der Waals surface area contributed by atoms with Gasteiger partial charge in [-0.1, -0.05) is 0 Å². The highest BCUT2D eigenvalue weighted by Gasteiger charge is 2.24. The quantitative estimate of drug-likeness (QED) is 0.641. The monoisotopic (exact) mass is 371 g/mol. The Labute approximate surface area is 154 Å². The molecule has 3 aromatic rings. The Morgan fingerprint density at radius 2 is 1.92 bits per heavy atom. The van der Waals surface area contributed by atoms with E-state index in [2.05, 4.69) is 10.1 Å². The SMILES string of the molecule is CCOC(=O)c1nc(C)sc1-c1ccnn1C(=O)c1ccc(OC)cc1. The highest BCUT2D eigenvalue weighted by molar-refractivity contribution is 7.15. The Morgan fingerprint density at radius 3 is 2.58 bits per heavy atom. The van der Waals surface area contributed by atoms with Crippen LogP contribution in [0.2, 0.25) is 0 Å². The summed E-state index contributed by atoms with van der Waals surface area (Å²) in [6.45, 7) is 3.77. The van der Waals surface area contributed by atoms with Crippen LogP contribution in [0.1, 0.15) is 32.8 Å². The van der Waals surface area contributed by atoms with Crippen LogP contribution in [0.25, 0.3) is 10.6 Å². The van der Waals surface area contributed by atoms with E-state index in [0.29, 0.717) is 26.9 Å². The molecule has 0 spiro atoms. The molecule has 0 unspecified atom stereocenters. The van der Waals surface area contributed by atoms with Gasteiger partial charge in [-0.15, -0.1) is 11.3 Å². The van der Waals surface area contributed by atoms with Gasteiger partial charge in [0, 0.05) is 5.56 Å². The molecule has 0 saturated carbocycles. The average molecular weight is 371 g/mol. The van der Waals surface area contributed by atoms with Crippen LogP contribution in [-0.2, 0) is 4.74 Å². The van der Waals surface area contributed by atoms with Crippen molar-refractivity contribution in [2.24, 2.45) is 0 Å². The van der Waals surface area contributed by atoms with Crippen molar-refractivity contribution in [1.29, 1.82) is 0 Å². The Balaban J connectivity index is 2.01. The van der Waals surface area contributed by atoms with Crippen molar-refractivity contribution in [2.75, 3.05) is 13.7 Å². The summed E-state index contributed by atoms with van der Waals surface area (Å²) in [5.41, 5.74) is 1.15. The summed E-state index contributed by atoms with van der Waals surface area (Å²) in [5, 5.41) is 4.83. The molecule has 0 aliphatic carbocycles. The number of esters is 1. The lowest BCUT2D eigenvalue weighted by Gasteiger charge is -2.07. The van der Waals surface area contributed by atoms with E-state index in [1.807, 2.05) is 0 Å². The van der Waals surface area contributed by atoms with Gasteiger partial charge in [0.05, 0.1) is 35.5 Å². The summed E-state index contributed by atoms with van der Waals surface area (Å²) in [5.74, 6) is -0.171. The Hall–Kier alpha value is -3.00. The number of methoxy groups -OCH3 is 1. The molecule has 0 amide bonds. The maximum atomic E-state index is 12.8. The van der Waals surface area contributed by atoms with Gasteiger partial charge in [0.15, 0.2) is 5.69 Å². The standard InChI is InChI=1S/C18H17N3O4S/c1-4-25-18(23)15-16(26-11(2)20-15)14-9-10-19-21(14)17(22)12-5-7-13(24-3)8-6-12/h5-10H,4H2,1-3H3. The molecule has 0 radical (unpaired) electrons. The van der Waals surface area contributed by atoms with Crippen molar-refractivity contribution in [3.8, 4) is 16.3 Å². The molecule has 0 aliphatic rings. The van der Waals surface area contributed by atoms with Crippen LogP contribution >= 0.6 is 11.3 Å². The Bertz CT molecular complexity index is 944. The van der Waals surface area contributed by atoms with Crippen LogP contribution < -0.4 is 4.74 Å². The third-order valence-corrected chi connectivity index (χ3v) is 4.60. The van der Waals surface area contributed by atoms with E-state index in [1.54, 1.807) is 51.3 Å². The molecule has 2 aromatic heterocycles. The first-order valence-electron chi connectivity index (χ1n) is 7.92. The number of benzene rings is 1. The van der Waals surface area contributed by atoms with Crippen LogP contribution in [0.3, 0.4) is 0 Å². The molecule has 134 valence electrons. The van der Waals surface area contributed by atoms with Crippen LogP contribution in [0.15, 0.2) is 36.5 Å².